The molecule has 0 saturated carbocycles. The molecule has 0 radical (unpaired) electrons. The summed E-state index contributed by atoms with van der Waals surface area (Å²) in [5, 5.41) is 4.40. The van der Waals surface area contributed by atoms with Gasteiger partial charge in [0.1, 0.15) is 11.6 Å². The summed E-state index contributed by atoms with van der Waals surface area (Å²) in [5.41, 5.74) is 4.21. The van der Waals surface area contributed by atoms with E-state index in [1.54, 1.807) is 0 Å². The average Bonchev–Trinajstić information content (AvgIpc) is 3.20. The van der Waals surface area contributed by atoms with Gasteiger partial charge in [0.15, 0.2) is 0 Å². The molecule has 0 aliphatic rings. The second kappa shape index (κ2) is 9.64. The summed E-state index contributed by atoms with van der Waals surface area (Å²) in [7, 11) is 3.91. The number of carbonyl (C=O) groups excluding carboxylic acids is 1. The summed E-state index contributed by atoms with van der Waals surface area (Å²) in [6.45, 7) is 1.89. The Morgan fingerprint density at radius 3 is 2.59 bits per heavy atom. The van der Waals surface area contributed by atoms with Crippen LogP contribution < -0.4 is 10.2 Å². The van der Waals surface area contributed by atoms with Crippen LogP contribution in [0.4, 0.5) is 5.82 Å². The molecule has 32 heavy (non-hydrogen) atoms. The Kier molecular flexibility index (Phi) is 6.50. The number of para-hydroxylation sites is 1. The van der Waals surface area contributed by atoms with Gasteiger partial charge in [0.05, 0.1) is 11.7 Å². The van der Waals surface area contributed by atoms with Crippen molar-refractivity contribution in [1.82, 2.24) is 20.3 Å². The number of nitrogens with zero attached hydrogens (tertiary/aromatic N) is 3. The van der Waals surface area contributed by atoms with Gasteiger partial charge in [0.25, 0.3) is 0 Å². The maximum Gasteiger partial charge on any atom is 0.220 e. The fourth-order valence-corrected chi connectivity index (χ4v) is 3.90. The number of fused-ring (bicyclic) bond motifs is 1. The molecule has 0 fully saturated rings. The number of aryl methyl sites for hydroxylation is 2. The molecule has 0 saturated heterocycles. The highest BCUT2D eigenvalue weighted by Crippen LogP contribution is 2.25. The molecule has 2 aromatic carbocycles. The zero-order valence-corrected chi connectivity index (χ0v) is 18.8. The van der Waals surface area contributed by atoms with Crippen molar-refractivity contribution in [2.45, 2.75) is 32.2 Å². The van der Waals surface area contributed by atoms with Crippen LogP contribution in [0.1, 0.15) is 35.1 Å². The predicted molar refractivity (Wildman–Crippen MR) is 129 cm³/mol. The highest BCUT2D eigenvalue weighted by molar-refractivity contribution is 5.83. The highest BCUT2D eigenvalue weighted by Gasteiger charge is 2.20. The van der Waals surface area contributed by atoms with Gasteiger partial charge < -0.3 is 15.2 Å². The average molecular weight is 428 g/mol. The number of anilines is 1. The third-order valence-corrected chi connectivity index (χ3v) is 5.58. The van der Waals surface area contributed by atoms with E-state index in [2.05, 4.69) is 32.4 Å². The summed E-state index contributed by atoms with van der Waals surface area (Å²) in [4.78, 5) is 27.4. The summed E-state index contributed by atoms with van der Waals surface area (Å²) >= 11 is 0. The van der Waals surface area contributed by atoms with E-state index < -0.39 is 0 Å². The molecule has 0 aliphatic heterocycles. The van der Waals surface area contributed by atoms with Crippen LogP contribution in [0.2, 0.25) is 0 Å². The van der Waals surface area contributed by atoms with E-state index in [9.17, 15) is 4.79 Å². The molecule has 2 aromatic heterocycles. The number of carbonyl (C=O) groups is 1. The van der Waals surface area contributed by atoms with Gasteiger partial charge in [-0.1, -0.05) is 48.5 Å². The predicted octanol–water partition coefficient (Wildman–Crippen LogP) is 4.37. The summed E-state index contributed by atoms with van der Waals surface area (Å²) in [6.07, 6.45) is 3.80. The second-order valence-electron chi connectivity index (χ2n) is 8.26. The molecule has 1 amide bonds. The minimum atomic E-state index is -0.252. The van der Waals surface area contributed by atoms with Crippen molar-refractivity contribution in [1.29, 1.82) is 0 Å². The Balaban J connectivity index is 1.59. The standard InChI is InChI=1S/C26H29N5O/c1-18-28-24(16-25(29-18)31(2)3)23(15-20-17-27-22-12-8-7-11-21(20)22)30-26(32)14-13-19-9-5-4-6-10-19/h4-12,16-17,23,27H,13-15H2,1-3H3,(H,30,32). The van der Waals surface area contributed by atoms with E-state index in [4.69, 9.17) is 0 Å². The van der Waals surface area contributed by atoms with Gasteiger partial charge >= 0.3 is 0 Å². The molecular formula is C26H29N5O. The van der Waals surface area contributed by atoms with Crippen LogP contribution in [-0.4, -0.2) is 35.0 Å². The van der Waals surface area contributed by atoms with Crippen molar-refractivity contribution in [2.24, 2.45) is 0 Å². The first-order valence-electron chi connectivity index (χ1n) is 10.9. The molecule has 4 rings (SSSR count). The Morgan fingerprint density at radius 2 is 1.81 bits per heavy atom. The zero-order chi connectivity index (χ0) is 22.5. The van der Waals surface area contributed by atoms with Crippen molar-refractivity contribution in [3.05, 3.63) is 89.5 Å². The van der Waals surface area contributed by atoms with E-state index in [-0.39, 0.29) is 11.9 Å². The second-order valence-corrected chi connectivity index (χ2v) is 8.26. The maximum atomic E-state index is 12.9. The molecule has 1 unspecified atom stereocenters. The van der Waals surface area contributed by atoms with Gasteiger partial charge in [0.2, 0.25) is 5.91 Å². The summed E-state index contributed by atoms with van der Waals surface area (Å²) < 4.78 is 0. The lowest BCUT2D eigenvalue weighted by molar-refractivity contribution is -0.121. The van der Waals surface area contributed by atoms with E-state index in [1.165, 1.54) is 0 Å². The maximum absolute atomic E-state index is 12.9. The fraction of sp³-hybridized carbons (Fsp3) is 0.269. The first-order valence-corrected chi connectivity index (χ1v) is 10.9. The molecule has 2 heterocycles. The van der Waals surface area contributed by atoms with Gasteiger partial charge in [-0.15, -0.1) is 0 Å². The SMILES string of the molecule is Cc1nc(C(Cc2c[nH]c3ccccc23)NC(=O)CCc2ccccc2)cc(N(C)C)n1. The number of amides is 1. The number of nitrogens with one attached hydrogen (secondary N) is 2. The Labute approximate surface area is 188 Å². The monoisotopic (exact) mass is 427 g/mol. The van der Waals surface area contributed by atoms with Crippen molar-refractivity contribution < 1.29 is 4.79 Å². The molecule has 0 bridgehead atoms. The minimum Gasteiger partial charge on any atom is -0.363 e. The quantitative estimate of drug-likeness (QED) is 0.438. The van der Waals surface area contributed by atoms with Crippen LogP contribution in [0.5, 0.6) is 0 Å². The lowest BCUT2D eigenvalue weighted by atomic mass is 10.0. The molecular weight excluding hydrogens is 398 g/mol. The summed E-state index contributed by atoms with van der Waals surface area (Å²) in [6, 6.07) is 20.0. The van der Waals surface area contributed by atoms with Crippen LogP contribution in [0, 0.1) is 6.92 Å². The number of hydrogen-bond acceptors (Lipinski definition) is 4. The zero-order valence-electron chi connectivity index (χ0n) is 18.8. The minimum absolute atomic E-state index is 0.0152. The van der Waals surface area contributed by atoms with Gasteiger partial charge in [-0.2, -0.15) is 0 Å². The third kappa shape index (κ3) is 5.14. The number of hydrogen-bond donors (Lipinski definition) is 2. The van der Waals surface area contributed by atoms with E-state index >= 15 is 0 Å². The molecule has 4 aromatic rings. The number of aromatic amines is 1. The molecule has 6 heteroatoms. The van der Waals surface area contributed by atoms with Crippen molar-refractivity contribution in [3.63, 3.8) is 0 Å². The van der Waals surface area contributed by atoms with Gasteiger partial charge in [-0.25, -0.2) is 9.97 Å². The van der Waals surface area contributed by atoms with Gasteiger partial charge in [0, 0.05) is 50.1 Å². The normalized spacial score (nSPS) is 12.0. The highest BCUT2D eigenvalue weighted by atomic mass is 16.1. The number of H-pyrrole nitrogens is 1. The van der Waals surface area contributed by atoms with E-state index in [0.717, 1.165) is 33.5 Å². The molecule has 2 N–H and O–H groups in total. The molecule has 0 aliphatic carbocycles. The largest absolute Gasteiger partial charge is 0.363 e. The van der Waals surface area contributed by atoms with Crippen LogP contribution in [0.25, 0.3) is 10.9 Å². The lowest BCUT2D eigenvalue weighted by Gasteiger charge is -2.21. The number of aromatic nitrogens is 3. The Hall–Kier alpha value is -3.67. The summed E-state index contributed by atoms with van der Waals surface area (Å²) in [5.74, 6) is 1.53. The van der Waals surface area contributed by atoms with Crippen LogP contribution >= 0.6 is 0 Å². The molecule has 6 nitrogen and oxygen atoms in total. The molecule has 1 atom stereocenters. The fourth-order valence-electron chi connectivity index (χ4n) is 3.90. The number of rotatable bonds is 8. The van der Waals surface area contributed by atoms with Gasteiger partial charge in [-0.05, 0) is 30.5 Å². The van der Waals surface area contributed by atoms with E-state index in [1.807, 2.05) is 80.6 Å². The van der Waals surface area contributed by atoms with Crippen molar-refractivity contribution in [2.75, 3.05) is 19.0 Å². The van der Waals surface area contributed by atoms with Crippen LogP contribution in [0.15, 0.2) is 66.9 Å². The van der Waals surface area contributed by atoms with E-state index in [0.29, 0.717) is 25.1 Å². The first kappa shape index (κ1) is 21.6. The van der Waals surface area contributed by atoms with Crippen molar-refractivity contribution >= 4 is 22.6 Å². The lowest BCUT2D eigenvalue weighted by Crippen LogP contribution is -2.31. The van der Waals surface area contributed by atoms with Crippen LogP contribution in [0.3, 0.4) is 0 Å². The Morgan fingerprint density at radius 1 is 1.06 bits per heavy atom. The van der Waals surface area contributed by atoms with Gasteiger partial charge in [-0.3, -0.25) is 4.79 Å². The Bertz CT molecular complexity index is 1200. The number of benzene rings is 2. The van der Waals surface area contributed by atoms with Crippen LogP contribution in [-0.2, 0) is 17.6 Å². The molecule has 0 spiro atoms. The third-order valence-electron chi connectivity index (χ3n) is 5.58. The van der Waals surface area contributed by atoms with Crippen molar-refractivity contribution in [3.8, 4) is 0 Å². The topological polar surface area (TPSA) is 73.9 Å². The first-order chi connectivity index (χ1) is 15.5. The molecule has 164 valence electrons. The smallest absolute Gasteiger partial charge is 0.220 e.